The van der Waals surface area contributed by atoms with Gasteiger partial charge in [-0.25, -0.2) is 0 Å². The fourth-order valence-electron chi connectivity index (χ4n) is 0.438. The van der Waals surface area contributed by atoms with Crippen molar-refractivity contribution in [1.29, 1.82) is 0 Å². The predicted octanol–water partition coefficient (Wildman–Crippen LogP) is 2.97. The summed E-state index contributed by atoms with van der Waals surface area (Å²) in [6.45, 7) is 9.38. The Hall–Kier alpha value is -0.460. The van der Waals surface area contributed by atoms with Crippen molar-refractivity contribution >= 4 is 0 Å². The van der Waals surface area contributed by atoms with Crippen molar-refractivity contribution in [1.82, 2.24) is 0 Å². The van der Waals surface area contributed by atoms with Gasteiger partial charge in [0, 0.05) is 0 Å². The summed E-state index contributed by atoms with van der Waals surface area (Å²) in [7, 11) is 0. The Morgan fingerprint density at radius 1 is 1.30 bits per heavy atom. The van der Waals surface area contributed by atoms with E-state index in [0.717, 1.165) is 13.0 Å². The minimum Gasteiger partial charge on any atom is -0.502 e. The standard InChI is InChI=1S/C9H18O/c1-5-7-10-8-6-9(2,3)4/h6,8H,5,7H2,1-4H3/b8-6+. The van der Waals surface area contributed by atoms with E-state index in [1.54, 1.807) is 6.26 Å². The largest absolute Gasteiger partial charge is 0.502 e. The minimum absolute atomic E-state index is 0.244. The molecule has 0 heterocycles. The predicted molar refractivity (Wildman–Crippen MR) is 44.8 cm³/mol. The highest BCUT2D eigenvalue weighted by Gasteiger charge is 2.02. The van der Waals surface area contributed by atoms with Crippen LogP contribution in [0.25, 0.3) is 0 Å². The zero-order chi connectivity index (χ0) is 8.04. The second kappa shape index (κ2) is 4.37. The quantitative estimate of drug-likeness (QED) is 0.435. The van der Waals surface area contributed by atoms with Crippen LogP contribution in [0.3, 0.4) is 0 Å². The molecular weight excluding hydrogens is 124 g/mol. The maximum Gasteiger partial charge on any atom is 0.0870 e. The lowest BCUT2D eigenvalue weighted by Gasteiger charge is -2.10. The van der Waals surface area contributed by atoms with Crippen LogP contribution < -0.4 is 0 Å². The molecule has 0 amide bonds. The first kappa shape index (κ1) is 9.54. The smallest absolute Gasteiger partial charge is 0.0870 e. The molecule has 60 valence electrons. The molecule has 0 unspecified atom stereocenters. The third-order valence-corrected chi connectivity index (χ3v) is 0.986. The van der Waals surface area contributed by atoms with E-state index in [2.05, 4.69) is 33.8 Å². The summed E-state index contributed by atoms with van der Waals surface area (Å²) >= 11 is 0. The van der Waals surface area contributed by atoms with Gasteiger partial charge in [0.1, 0.15) is 0 Å². The molecule has 0 fully saturated rings. The third kappa shape index (κ3) is 7.54. The average Bonchev–Trinajstić information content (AvgIpc) is 1.78. The van der Waals surface area contributed by atoms with E-state index >= 15 is 0 Å². The van der Waals surface area contributed by atoms with Crippen molar-refractivity contribution < 1.29 is 4.74 Å². The zero-order valence-electron chi connectivity index (χ0n) is 7.48. The van der Waals surface area contributed by atoms with Crippen LogP contribution in [0.15, 0.2) is 12.3 Å². The van der Waals surface area contributed by atoms with E-state index in [4.69, 9.17) is 4.74 Å². The first-order valence-corrected chi connectivity index (χ1v) is 3.85. The van der Waals surface area contributed by atoms with Gasteiger partial charge in [0.05, 0.1) is 12.9 Å². The van der Waals surface area contributed by atoms with Crippen molar-refractivity contribution in [2.45, 2.75) is 34.1 Å². The molecule has 0 saturated carbocycles. The molecule has 0 aromatic heterocycles. The number of allylic oxidation sites excluding steroid dienone is 1. The molecule has 1 nitrogen and oxygen atoms in total. The molecule has 0 spiro atoms. The fourth-order valence-corrected chi connectivity index (χ4v) is 0.438. The third-order valence-electron chi connectivity index (χ3n) is 0.986. The molecule has 0 aromatic rings. The Balaban J connectivity index is 3.37. The van der Waals surface area contributed by atoms with E-state index in [-0.39, 0.29) is 5.41 Å². The normalized spacial score (nSPS) is 12.4. The van der Waals surface area contributed by atoms with Gasteiger partial charge in [-0.3, -0.25) is 0 Å². The molecular formula is C9H18O. The molecule has 0 aliphatic carbocycles. The van der Waals surface area contributed by atoms with Crippen molar-refractivity contribution in [2.24, 2.45) is 5.41 Å². The number of hydrogen-bond acceptors (Lipinski definition) is 1. The minimum atomic E-state index is 0.244. The van der Waals surface area contributed by atoms with Crippen LogP contribution in [-0.2, 0) is 4.74 Å². The zero-order valence-corrected chi connectivity index (χ0v) is 7.48. The molecule has 1 heteroatoms. The van der Waals surface area contributed by atoms with Crippen LogP contribution in [0.5, 0.6) is 0 Å². The van der Waals surface area contributed by atoms with Gasteiger partial charge < -0.3 is 4.74 Å². The van der Waals surface area contributed by atoms with E-state index in [0.29, 0.717) is 0 Å². The lowest BCUT2D eigenvalue weighted by Crippen LogP contribution is -1.99. The first-order chi connectivity index (χ1) is 4.56. The second-order valence-corrected chi connectivity index (χ2v) is 3.54. The molecule has 0 radical (unpaired) electrons. The first-order valence-electron chi connectivity index (χ1n) is 3.85. The van der Waals surface area contributed by atoms with Crippen molar-refractivity contribution in [3.63, 3.8) is 0 Å². The number of hydrogen-bond donors (Lipinski definition) is 0. The van der Waals surface area contributed by atoms with E-state index < -0.39 is 0 Å². The van der Waals surface area contributed by atoms with Gasteiger partial charge in [0.15, 0.2) is 0 Å². The highest BCUT2D eigenvalue weighted by Crippen LogP contribution is 2.14. The van der Waals surface area contributed by atoms with Gasteiger partial charge in [0.25, 0.3) is 0 Å². The van der Waals surface area contributed by atoms with Gasteiger partial charge in [0.2, 0.25) is 0 Å². The molecule has 0 atom stereocenters. The van der Waals surface area contributed by atoms with Crippen LogP contribution in [0.4, 0.5) is 0 Å². The van der Waals surface area contributed by atoms with Crippen molar-refractivity contribution in [2.75, 3.05) is 6.61 Å². The summed E-state index contributed by atoms with van der Waals surface area (Å²) in [5.41, 5.74) is 0.244. The van der Waals surface area contributed by atoms with E-state index in [9.17, 15) is 0 Å². The van der Waals surface area contributed by atoms with Crippen LogP contribution >= 0.6 is 0 Å². The van der Waals surface area contributed by atoms with Gasteiger partial charge in [-0.2, -0.15) is 0 Å². The summed E-state index contributed by atoms with van der Waals surface area (Å²) in [5.74, 6) is 0. The number of rotatable bonds is 3. The highest BCUT2D eigenvalue weighted by atomic mass is 16.5. The second-order valence-electron chi connectivity index (χ2n) is 3.54. The van der Waals surface area contributed by atoms with Crippen molar-refractivity contribution in [3.05, 3.63) is 12.3 Å². The molecule has 0 N–H and O–H groups in total. The summed E-state index contributed by atoms with van der Waals surface area (Å²) in [6.07, 6.45) is 4.95. The van der Waals surface area contributed by atoms with Gasteiger partial charge in [-0.1, -0.05) is 27.7 Å². The topological polar surface area (TPSA) is 9.23 Å². The van der Waals surface area contributed by atoms with Crippen LogP contribution in [0.2, 0.25) is 0 Å². The highest BCUT2D eigenvalue weighted by molar-refractivity contribution is 4.87. The maximum absolute atomic E-state index is 5.18. The fraction of sp³-hybridized carbons (Fsp3) is 0.778. The summed E-state index contributed by atoms with van der Waals surface area (Å²) in [6, 6.07) is 0. The molecule has 0 aromatic carbocycles. The molecule has 10 heavy (non-hydrogen) atoms. The molecule has 0 aliphatic heterocycles. The SMILES string of the molecule is CCCO/C=C/C(C)(C)C. The van der Waals surface area contributed by atoms with Crippen molar-refractivity contribution in [3.8, 4) is 0 Å². The molecule has 0 rings (SSSR count). The average molecular weight is 142 g/mol. The Kier molecular flexibility index (Phi) is 4.17. The molecule has 0 bridgehead atoms. The Labute approximate surface area is 64.1 Å². The Morgan fingerprint density at radius 2 is 1.90 bits per heavy atom. The van der Waals surface area contributed by atoms with Gasteiger partial charge >= 0.3 is 0 Å². The lowest BCUT2D eigenvalue weighted by molar-refractivity contribution is 0.245. The van der Waals surface area contributed by atoms with E-state index in [1.165, 1.54) is 0 Å². The van der Waals surface area contributed by atoms with E-state index in [1.807, 2.05) is 0 Å². The molecule has 0 saturated heterocycles. The Morgan fingerprint density at radius 3 is 2.30 bits per heavy atom. The Bertz CT molecular complexity index is 97.8. The maximum atomic E-state index is 5.18. The summed E-state index contributed by atoms with van der Waals surface area (Å²) in [4.78, 5) is 0. The van der Waals surface area contributed by atoms with Crippen LogP contribution in [0.1, 0.15) is 34.1 Å². The number of ether oxygens (including phenoxy) is 1. The lowest BCUT2D eigenvalue weighted by atomic mass is 9.97. The van der Waals surface area contributed by atoms with Crippen LogP contribution in [-0.4, -0.2) is 6.61 Å². The monoisotopic (exact) mass is 142 g/mol. The van der Waals surface area contributed by atoms with Gasteiger partial charge in [-0.05, 0) is 17.9 Å². The summed E-state index contributed by atoms with van der Waals surface area (Å²) < 4.78 is 5.18. The summed E-state index contributed by atoms with van der Waals surface area (Å²) in [5, 5.41) is 0. The molecule has 0 aliphatic rings. The van der Waals surface area contributed by atoms with Crippen LogP contribution in [0, 0.1) is 5.41 Å². The van der Waals surface area contributed by atoms with Gasteiger partial charge in [-0.15, -0.1) is 0 Å².